The summed E-state index contributed by atoms with van der Waals surface area (Å²) >= 11 is 0. The molecule has 2 atom stereocenters. The summed E-state index contributed by atoms with van der Waals surface area (Å²) in [5.41, 5.74) is 1.23. The Morgan fingerprint density at radius 1 is 1.58 bits per heavy atom. The van der Waals surface area contributed by atoms with Crippen molar-refractivity contribution in [2.75, 3.05) is 13.1 Å². The van der Waals surface area contributed by atoms with Crippen LogP contribution in [0.1, 0.15) is 49.3 Å². The van der Waals surface area contributed by atoms with Crippen LogP contribution in [0.2, 0.25) is 0 Å². The maximum Gasteiger partial charge on any atom is 0.303 e. The van der Waals surface area contributed by atoms with Gasteiger partial charge in [0, 0.05) is 24.6 Å². The van der Waals surface area contributed by atoms with Gasteiger partial charge in [0.25, 0.3) is 0 Å². The van der Waals surface area contributed by atoms with Crippen LogP contribution in [0.5, 0.6) is 0 Å². The van der Waals surface area contributed by atoms with Crippen LogP contribution in [-0.4, -0.2) is 29.1 Å². The predicted octanol–water partition coefficient (Wildman–Crippen LogP) is 3.14. The van der Waals surface area contributed by atoms with E-state index in [1.54, 1.807) is 0 Å². The lowest BCUT2D eigenvalue weighted by Gasteiger charge is -2.36. The van der Waals surface area contributed by atoms with Gasteiger partial charge in [-0.1, -0.05) is 0 Å². The lowest BCUT2D eigenvalue weighted by molar-refractivity contribution is -0.138. The Hall–Kier alpha value is -1.29. The molecule has 0 bridgehead atoms. The smallest absolute Gasteiger partial charge is 0.303 e. The number of hydrogen-bond donors (Lipinski definition) is 1. The second-order valence-electron chi connectivity index (χ2n) is 5.65. The van der Waals surface area contributed by atoms with Crippen LogP contribution in [-0.2, 0) is 4.79 Å². The molecule has 0 saturated carbocycles. The van der Waals surface area contributed by atoms with Crippen LogP contribution in [0.4, 0.5) is 0 Å². The van der Waals surface area contributed by atoms with E-state index in [9.17, 15) is 4.79 Å². The van der Waals surface area contributed by atoms with Crippen LogP contribution in [0, 0.1) is 19.8 Å². The molecule has 1 aliphatic rings. The fraction of sp³-hybridized carbons (Fsp3) is 0.667. The Morgan fingerprint density at radius 3 is 2.89 bits per heavy atom. The number of carbonyl (C=O) groups is 1. The Bertz CT molecular complexity index is 452. The zero-order valence-corrected chi connectivity index (χ0v) is 12.0. The molecular weight excluding hydrogens is 242 g/mol. The van der Waals surface area contributed by atoms with Gasteiger partial charge >= 0.3 is 5.97 Å². The minimum Gasteiger partial charge on any atom is -0.481 e. The standard InChI is InChI=1S/C15H23NO3/c1-10-7-14(12(3)19-10)11(2)16-6-4-5-13(9-16)8-15(17)18/h7,11,13H,4-6,8-9H2,1-3H3,(H,17,18). The number of hydrogen-bond acceptors (Lipinski definition) is 3. The summed E-state index contributed by atoms with van der Waals surface area (Å²) in [6.07, 6.45) is 2.39. The average Bonchev–Trinajstić information content (AvgIpc) is 2.67. The van der Waals surface area contributed by atoms with E-state index in [0.717, 1.165) is 37.5 Å². The van der Waals surface area contributed by atoms with E-state index in [1.165, 1.54) is 5.56 Å². The quantitative estimate of drug-likeness (QED) is 0.908. The maximum absolute atomic E-state index is 10.8. The van der Waals surface area contributed by atoms with Gasteiger partial charge in [-0.3, -0.25) is 9.69 Å². The van der Waals surface area contributed by atoms with Crippen LogP contribution < -0.4 is 0 Å². The molecule has 1 aliphatic heterocycles. The SMILES string of the molecule is Cc1cc(C(C)N2CCCC(CC(=O)O)C2)c(C)o1. The third-order valence-corrected chi connectivity index (χ3v) is 4.09. The molecule has 1 saturated heterocycles. The highest BCUT2D eigenvalue weighted by Gasteiger charge is 2.27. The van der Waals surface area contributed by atoms with E-state index >= 15 is 0 Å². The lowest BCUT2D eigenvalue weighted by atomic mass is 9.93. The molecule has 4 nitrogen and oxygen atoms in total. The van der Waals surface area contributed by atoms with E-state index in [0.29, 0.717) is 6.04 Å². The van der Waals surface area contributed by atoms with Crippen molar-refractivity contribution in [3.05, 3.63) is 23.2 Å². The van der Waals surface area contributed by atoms with Crippen molar-refractivity contribution in [2.45, 2.75) is 46.1 Å². The molecule has 0 amide bonds. The summed E-state index contributed by atoms with van der Waals surface area (Å²) in [6.45, 7) is 8.06. The van der Waals surface area contributed by atoms with Gasteiger partial charge in [-0.05, 0) is 52.1 Å². The van der Waals surface area contributed by atoms with E-state index < -0.39 is 5.97 Å². The van der Waals surface area contributed by atoms with Gasteiger partial charge in [-0.2, -0.15) is 0 Å². The Labute approximate surface area is 114 Å². The average molecular weight is 265 g/mol. The number of nitrogens with zero attached hydrogens (tertiary/aromatic N) is 1. The number of furan rings is 1. The predicted molar refractivity (Wildman–Crippen MR) is 73.1 cm³/mol. The molecule has 1 aromatic heterocycles. The van der Waals surface area contributed by atoms with Crippen molar-refractivity contribution in [1.29, 1.82) is 0 Å². The molecule has 2 unspecified atom stereocenters. The van der Waals surface area contributed by atoms with Gasteiger partial charge in [0.05, 0.1) is 0 Å². The van der Waals surface area contributed by atoms with Crippen molar-refractivity contribution in [3.8, 4) is 0 Å². The first-order valence-corrected chi connectivity index (χ1v) is 7.00. The number of likely N-dealkylation sites (tertiary alicyclic amines) is 1. The van der Waals surface area contributed by atoms with Gasteiger partial charge in [0.15, 0.2) is 0 Å². The van der Waals surface area contributed by atoms with E-state index in [1.807, 2.05) is 13.8 Å². The number of aryl methyl sites for hydroxylation is 2. The highest BCUT2D eigenvalue weighted by molar-refractivity contribution is 5.67. The number of aliphatic carboxylic acids is 1. The Balaban J connectivity index is 2.04. The topological polar surface area (TPSA) is 53.7 Å². The minimum atomic E-state index is -0.685. The highest BCUT2D eigenvalue weighted by Crippen LogP contribution is 2.30. The molecule has 19 heavy (non-hydrogen) atoms. The largest absolute Gasteiger partial charge is 0.481 e. The molecule has 0 radical (unpaired) electrons. The second-order valence-corrected chi connectivity index (χ2v) is 5.65. The van der Waals surface area contributed by atoms with E-state index in [4.69, 9.17) is 9.52 Å². The minimum absolute atomic E-state index is 0.280. The molecule has 4 heteroatoms. The molecule has 106 valence electrons. The summed E-state index contributed by atoms with van der Waals surface area (Å²) in [6, 6.07) is 2.40. The molecule has 1 aromatic rings. The van der Waals surface area contributed by atoms with Crippen LogP contribution in [0.3, 0.4) is 0 Å². The number of carboxylic acids is 1. The number of carboxylic acid groups (broad SMARTS) is 1. The first-order valence-electron chi connectivity index (χ1n) is 7.00. The highest BCUT2D eigenvalue weighted by atomic mass is 16.4. The summed E-state index contributed by atoms with van der Waals surface area (Å²) in [5.74, 6) is 1.51. The third-order valence-electron chi connectivity index (χ3n) is 4.09. The van der Waals surface area contributed by atoms with Crippen LogP contribution in [0.25, 0.3) is 0 Å². The summed E-state index contributed by atoms with van der Waals surface area (Å²) < 4.78 is 5.60. The van der Waals surface area contributed by atoms with Gasteiger partial charge in [-0.15, -0.1) is 0 Å². The van der Waals surface area contributed by atoms with E-state index in [2.05, 4.69) is 17.9 Å². The Morgan fingerprint density at radius 2 is 2.32 bits per heavy atom. The fourth-order valence-corrected chi connectivity index (χ4v) is 3.12. The lowest BCUT2D eigenvalue weighted by Crippen LogP contribution is -2.38. The zero-order valence-electron chi connectivity index (χ0n) is 12.0. The van der Waals surface area contributed by atoms with Crippen molar-refractivity contribution in [3.63, 3.8) is 0 Å². The summed E-state index contributed by atoms with van der Waals surface area (Å²) in [7, 11) is 0. The van der Waals surface area contributed by atoms with Crippen molar-refractivity contribution in [1.82, 2.24) is 4.90 Å². The zero-order chi connectivity index (χ0) is 14.0. The fourth-order valence-electron chi connectivity index (χ4n) is 3.12. The normalized spacial score (nSPS) is 22.4. The van der Waals surface area contributed by atoms with Gasteiger partial charge in [0.1, 0.15) is 11.5 Å². The van der Waals surface area contributed by atoms with Crippen molar-refractivity contribution >= 4 is 5.97 Å². The number of piperidine rings is 1. The van der Waals surface area contributed by atoms with E-state index in [-0.39, 0.29) is 12.3 Å². The maximum atomic E-state index is 10.8. The van der Waals surface area contributed by atoms with Crippen molar-refractivity contribution in [2.24, 2.45) is 5.92 Å². The molecule has 0 aliphatic carbocycles. The third kappa shape index (κ3) is 3.38. The molecular formula is C15H23NO3. The second kappa shape index (κ2) is 5.78. The molecule has 1 fully saturated rings. The number of rotatable bonds is 4. The Kier molecular flexibility index (Phi) is 4.30. The molecule has 0 spiro atoms. The van der Waals surface area contributed by atoms with Gasteiger partial charge < -0.3 is 9.52 Å². The first-order chi connectivity index (χ1) is 8.97. The molecule has 1 N–H and O–H groups in total. The molecule has 2 heterocycles. The van der Waals surface area contributed by atoms with Gasteiger partial charge in [0.2, 0.25) is 0 Å². The van der Waals surface area contributed by atoms with Crippen molar-refractivity contribution < 1.29 is 14.3 Å². The summed E-state index contributed by atoms with van der Waals surface area (Å²) in [5, 5.41) is 8.92. The first kappa shape index (κ1) is 14.1. The van der Waals surface area contributed by atoms with Gasteiger partial charge in [-0.25, -0.2) is 0 Å². The summed E-state index contributed by atoms with van der Waals surface area (Å²) in [4.78, 5) is 13.2. The van der Waals surface area contributed by atoms with Crippen LogP contribution in [0.15, 0.2) is 10.5 Å². The monoisotopic (exact) mass is 265 g/mol. The molecule has 2 rings (SSSR count). The van der Waals surface area contributed by atoms with Crippen LogP contribution >= 0.6 is 0 Å². The molecule has 0 aromatic carbocycles.